The van der Waals surface area contributed by atoms with E-state index < -0.39 is 32.9 Å². The summed E-state index contributed by atoms with van der Waals surface area (Å²) in [5.41, 5.74) is 2.98. The zero-order valence-corrected chi connectivity index (χ0v) is 20.1. The topological polar surface area (TPSA) is 135 Å². The van der Waals surface area contributed by atoms with E-state index in [4.69, 9.17) is 22.1 Å². The first-order chi connectivity index (χ1) is 15.6. The maximum Gasteiger partial charge on any atom is 0.417 e. The van der Waals surface area contributed by atoms with Crippen LogP contribution in [0.15, 0.2) is 35.2 Å². The lowest BCUT2D eigenvalue weighted by Gasteiger charge is -2.22. The highest BCUT2D eigenvalue weighted by Crippen LogP contribution is 2.44. The first kappa shape index (κ1) is 25.6. The summed E-state index contributed by atoms with van der Waals surface area (Å²) >= 11 is 6.28. The summed E-state index contributed by atoms with van der Waals surface area (Å²) in [5, 5.41) is 8.39. The molecule has 1 heterocycles. The molecule has 0 spiro atoms. The number of halogens is 4. The van der Waals surface area contributed by atoms with Crippen molar-refractivity contribution in [3.8, 4) is 16.9 Å². The number of nitrogens with zero attached hydrogens (tertiary/aromatic N) is 2. The number of hydrogen-bond donors (Lipinski definition) is 4. The molecule has 0 aliphatic heterocycles. The molecule has 5 N–H and O–H groups in total. The summed E-state index contributed by atoms with van der Waals surface area (Å²) in [4.78, 5) is 3.45. The van der Waals surface area contributed by atoms with Gasteiger partial charge in [-0.1, -0.05) is 17.7 Å². The third-order valence-electron chi connectivity index (χ3n) is 4.34. The zero-order valence-electron chi connectivity index (χ0n) is 18.5. The molecule has 0 radical (unpaired) electrons. The van der Waals surface area contributed by atoms with Gasteiger partial charge >= 0.3 is 6.18 Å². The van der Waals surface area contributed by atoms with Gasteiger partial charge in [0.05, 0.1) is 17.7 Å². The van der Waals surface area contributed by atoms with Crippen LogP contribution in [0.1, 0.15) is 26.3 Å². The van der Waals surface area contributed by atoms with Crippen LogP contribution in [0.4, 0.5) is 30.8 Å². The summed E-state index contributed by atoms with van der Waals surface area (Å²) in [7, 11) is -2.88. The predicted octanol–water partition coefficient (Wildman–Crippen LogP) is 4.56. The highest BCUT2D eigenvalue weighted by molar-refractivity contribution is 7.89. The summed E-state index contributed by atoms with van der Waals surface area (Å²) in [6.07, 6.45) is -4.82. The van der Waals surface area contributed by atoms with Crippen LogP contribution in [0.3, 0.4) is 0 Å². The van der Waals surface area contributed by atoms with Crippen LogP contribution in [0.25, 0.3) is 11.1 Å². The largest absolute Gasteiger partial charge is 0.495 e. The Balaban J connectivity index is 2.18. The van der Waals surface area contributed by atoms with Gasteiger partial charge in [0.2, 0.25) is 21.9 Å². The van der Waals surface area contributed by atoms with Crippen LogP contribution in [0, 0.1) is 0 Å². The standard InChI is InChI=1S/C20H22ClF3N6O3S/c1-19(2,3)30-34(31,32)15-7-10(5-6-14(15)33-4)16-12(20(22,23)24)8-11(9-13(16)21)26-18-27-17(25)28-29-18/h5-9,30H,1-4H3,(H4,25,26,27,28,29). The summed E-state index contributed by atoms with van der Waals surface area (Å²) in [6, 6.07) is 5.72. The lowest BCUT2D eigenvalue weighted by molar-refractivity contribution is -0.137. The van der Waals surface area contributed by atoms with Gasteiger partial charge in [-0.05, 0) is 50.6 Å². The van der Waals surface area contributed by atoms with Crippen LogP contribution in [-0.4, -0.2) is 36.2 Å². The van der Waals surface area contributed by atoms with E-state index in [0.717, 1.165) is 12.1 Å². The number of alkyl halides is 3. The van der Waals surface area contributed by atoms with Gasteiger partial charge in [-0.15, -0.1) is 5.10 Å². The molecule has 0 aliphatic carbocycles. The van der Waals surface area contributed by atoms with Crippen molar-refractivity contribution in [2.75, 3.05) is 18.2 Å². The van der Waals surface area contributed by atoms with Crippen molar-refractivity contribution < 1.29 is 26.3 Å². The molecular weight excluding hydrogens is 497 g/mol. The van der Waals surface area contributed by atoms with Crippen LogP contribution < -0.4 is 20.5 Å². The third kappa shape index (κ3) is 5.72. The van der Waals surface area contributed by atoms with Crippen LogP contribution >= 0.6 is 11.6 Å². The molecule has 0 amide bonds. The molecule has 0 aliphatic rings. The number of nitrogen functional groups attached to an aromatic ring is 1. The van der Waals surface area contributed by atoms with Gasteiger partial charge in [0.1, 0.15) is 10.6 Å². The minimum absolute atomic E-state index is 0.0305. The van der Waals surface area contributed by atoms with E-state index in [9.17, 15) is 21.6 Å². The van der Waals surface area contributed by atoms with Crippen molar-refractivity contribution >= 4 is 39.2 Å². The van der Waals surface area contributed by atoms with E-state index in [1.54, 1.807) is 20.8 Å². The molecular formula is C20H22ClF3N6O3S. The number of aromatic nitrogens is 3. The van der Waals surface area contributed by atoms with Gasteiger partial charge in [0, 0.05) is 16.8 Å². The lowest BCUT2D eigenvalue weighted by Crippen LogP contribution is -2.40. The molecule has 184 valence electrons. The quantitative estimate of drug-likeness (QED) is 0.376. The zero-order chi connectivity index (χ0) is 25.5. The normalized spacial score (nSPS) is 12.6. The van der Waals surface area contributed by atoms with E-state index in [0.29, 0.717) is 0 Å². The van der Waals surface area contributed by atoms with Crippen molar-refractivity contribution in [3.63, 3.8) is 0 Å². The number of hydrogen-bond acceptors (Lipinski definition) is 7. The summed E-state index contributed by atoms with van der Waals surface area (Å²) < 4.78 is 75.6. The number of ether oxygens (including phenoxy) is 1. The number of anilines is 3. The second-order valence-electron chi connectivity index (χ2n) is 8.27. The summed E-state index contributed by atoms with van der Waals surface area (Å²) in [5.74, 6) is -0.122. The number of benzene rings is 2. The van der Waals surface area contributed by atoms with Crippen molar-refractivity contribution in [1.29, 1.82) is 0 Å². The van der Waals surface area contributed by atoms with Crippen LogP contribution in [0.2, 0.25) is 5.02 Å². The Morgan fingerprint density at radius 2 is 1.82 bits per heavy atom. The Labute approximate surface area is 198 Å². The minimum Gasteiger partial charge on any atom is -0.495 e. The minimum atomic E-state index is -4.82. The highest BCUT2D eigenvalue weighted by Gasteiger charge is 2.36. The Kier molecular flexibility index (Phi) is 6.75. The van der Waals surface area contributed by atoms with Gasteiger partial charge in [0.25, 0.3) is 0 Å². The van der Waals surface area contributed by atoms with Crippen molar-refractivity contribution in [1.82, 2.24) is 19.9 Å². The Morgan fingerprint density at radius 3 is 2.35 bits per heavy atom. The van der Waals surface area contributed by atoms with Crippen molar-refractivity contribution in [2.45, 2.75) is 37.4 Å². The molecule has 0 atom stereocenters. The maximum absolute atomic E-state index is 14.0. The van der Waals surface area contributed by atoms with E-state index in [1.165, 1.54) is 25.3 Å². The number of nitrogens with one attached hydrogen (secondary N) is 3. The molecule has 0 unspecified atom stereocenters. The van der Waals surface area contributed by atoms with E-state index in [-0.39, 0.29) is 38.8 Å². The number of sulfonamides is 1. The van der Waals surface area contributed by atoms with E-state index in [1.807, 2.05) is 0 Å². The fraction of sp³-hybridized carbons (Fsp3) is 0.300. The molecule has 1 aromatic heterocycles. The molecule has 0 bridgehead atoms. The molecule has 0 saturated heterocycles. The first-order valence-electron chi connectivity index (χ1n) is 9.69. The molecule has 2 aromatic carbocycles. The second-order valence-corrected chi connectivity index (χ2v) is 10.3. The van der Waals surface area contributed by atoms with Gasteiger partial charge in [-0.3, -0.25) is 0 Å². The number of rotatable bonds is 6. The number of aromatic amines is 1. The number of H-pyrrole nitrogens is 1. The van der Waals surface area contributed by atoms with Crippen molar-refractivity contribution in [3.05, 3.63) is 40.9 Å². The molecule has 9 nitrogen and oxygen atoms in total. The Bertz CT molecular complexity index is 1320. The average molecular weight is 519 g/mol. The van der Waals surface area contributed by atoms with Crippen molar-refractivity contribution in [2.24, 2.45) is 0 Å². The van der Waals surface area contributed by atoms with Gasteiger partial charge in [-0.25, -0.2) is 18.2 Å². The van der Waals surface area contributed by atoms with E-state index in [2.05, 4.69) is 25.2 Å². The number of nitrogens with two attached hydrogens (primary N) is 1. The average Bonchev–Trinajstić information content (AvgIpc) is 3.09. The maximum atomic E-state index is 14.0. The first-order valence-corrected chi connectivity index (χ1v) is 11.5. The smallest absolute Gasteiger partial charge is 0.417 e. The molecule has 0 fully saturated rings. The third-order valence-corrected chi connectivity index (χ3v) is 6.41. The monoisotopic (exact) mass is 518 g/mol. The van der Waals surface area contributed by atoms with Crippen LogP contribution in [0.5, 0.6) is 5.75 Å². The van der Waals surface area contributed by atoms with Crippen LogP contribution in [-0.2, 0) is 16.2 Å². The Morgan fingerprint density at radius 1 is 1.15 bits per heavy atom. The van der Waals surface area contributed by atoms with Gasteiger partial charge in [0.15, 0.2) is 0 Å². The van der Waals surface area contributed by atoms with Gasteiger partial charge < -0.3 is 15.8 Å². The summed E-state index contributed by atoms with van der Waals surface area (Å²) in [6.45, 7) is 4.90. The Hall–Kier alpha value is -3.03. The molecule has 14 heteroatoms. The highest BCUT2D eigenvalue weighted by atomic mass is 35.5. The van der Waals surface area contributed by atoms with Gasteiger partial charge in [-0.2, -0.15) is 18.2 Å². The molecule has 3 aromatic rings. The fourth-order valence-corrected chi connectivity index (χ4v) is 5.10. The molecule has 0 saturated carbocycles. The second kappa shape index (κ2) is 8.96. The van der Waals surface area contributed by atoms with E-state index >= 15 is 0 Å². The molecule has 34 heavy (non-hydrogen) atoms. The SMILES string of the molecule is COc1ccc(-c2c(Cl)cc(Nc3n[nH]c(N)n3)cc2C(F)(F)F)cc1S(=O)(=O)NC(C)(C)C. The lowest BCUT2D eigenvalue weighted by atomic mass is 9.98. The number of methoxy groups -OCH3 is 1. The molecule has 3 rings (SSSR count). The predicted molar refractivity (Wildman–Crippen MR) is 123 cm³/mol. The fourth-order valence-electron chi connectivity index (χ4n) is 3.16.